The van der Waals surface area contributed by atoms with Gasteiger partial charge in [0.25, 0.3) is 0 Å². The lowest BCUT2D eigenvalue weighted by molar-refractivity contribution is -0.301. The maximum Gasteiger partial charge on any atom is 0.455 e. The van der Waals surface area contributed by atoms with E-state index in [4.69, 9.17) is 10.8 Å². The zero-order chi connectivity index (χ0) is 14.6. The fourth-order valence-electron chi connectivity index (χ4n) is 1.30. The zero-order valence-corrected chi connectivity index (χ0v) is 10.2. The first-order chi connectivity index (χ1) is 8.01. The Morgan fingerprint density at radius 3 is 2.00 bits per heavy atom. The van der Waals surface area contributed by atoms with Crippen LogP contribution >= 0.6 is 0 Å². The van der Waals surface area contributed by atoms with Crippen molar-refractivity contribution in [1.82, 2.24) is 0 Å². The van der Waals surface area contributed by atoms with Crippen molar-refractivity contribution < 1.29 is 31.8 Å². The predicted molar refractivity (Wildman–Crippen MR) is 55.3 cm³/mol. The van der Waals surface area contributed by atoms with Crippen molar-refractivity contribution >= 4 is 0 Å². The predicted octanol–water partition coefficient (Wildman–Crippen LogP) is 1.93. The standard InChI is InChI=1S/C10H18F5NO2/c1-6(2)3-7(16)8(4-17)18-5-9(11,12)10(13,14)15/h6-8,17H,3-5,16H2,1-2H3. The maximum atomic E-state index is 12.6. The Bertz CT molecular complexity index is 245. The Labute approximate surface area is 102 Å². The van der Waals surface area contributed by atoms with Gasteiger partial charge in [0, 0.05) is 6.04 Å². The molecule has 2 unspecified atom stereocenters. The normalized spacial score (nSPS) is 17.0. The van der Waals surface area contributed by atoms with Crippen LogP contribution in [0.4, 0.5) is 22.0 Å². The zero-order valence-electron chi connectivity index (χ0n) is 10.2. The third-order valence-electron chi connectivity index (χ3n) is 2.29. The molecular weight excluding hydrogens is 261 g/mol. The van der Waals surface area contributed by atoms with Crippen molar-refractivity contribution in [3.8, 4) is 0 Å². The van der Waals surface area contributed by atoms with Gasteiger partial charge in [-0.25, -0.2) is 0 Å². The van der Waals surface area contributed by atoms with Crippen LogP contribution in [0.5, 0.6) is 0 Å². The Morgan fingerprint density at radius 2 is 1.67 bits per heavy atom. The molecule has 0 bridgehead atoms. The van der Waals surface area contributed by atoms with Crippen molar-refractivity contribution in [2.45, 2.75) is 44.5 Å². The second-order valence-corrected chi connectivity index (χ2v) is 4.53. The molecular formula is C10H18F5NO2. The van der Waals surface area contributed by atoms with Crippen LogP contribution in [0.3, 0.4) is 0 Å². The number of hydrogen-bond acceptors (Lipinski definition) is 3. The lowest BCUT2D eigenvalue weighted by Crippen LogP contribution is -2.46. The average Bonchev–Trinajstić information content (AvgIpc) is 2.15. The van der Waals surface area contributed by atoms with E-state index < -0.39 is 37.5 Å². The first-order valence-corrected chi connectivity index (χ1v) is 5.44. The van der Waals surface area contributed by atoms with Gasteiger partial charge in [-0.1, -0.05) is 13.8 Å². The highest BCUT2D eigenvalue weighted by molar-refractivity contribution is 4.79. The van der Waals surface area contributed by atoms with Crippen LogP contribution in [-0.2, 0) is 4.74 Å². The summed E-state index contributed by atoms with van der Waals surface area (Å²) in [6, 6.07) is -0.793. The fourth-order valence-corrected chi connectivity index (χ4v) is 1.30. The molecule has 0 saturated carbocycles. The fraction of sp³-hybridized carbons (Fsp3) is 1.00. The summed E-state index contributed by atoms with van der Waals surface area (Å²) in [7, 11) is 0. The van der Waals surface area contributed by atoms with Crippen molar-refractivity contribution in [3.63, 3.8) is 0 Å². The summed E-state index contributed by atoms with van der Waals surface area (Å²) in [5.74, 6) is -4.83. The van der Waals surface area contributed by atoms with Gasteiger partial charge in [-0.2, -0.15) is 22.0 Å². The molecule has 0 aliphatic carbocycles. The highest BCUT2D eigenvalue weighted by Gasteiger charge is 2.57. The lowest BCUT2D eigenvalue weighted by Gasteiger charge is -2.26. The average molecular weight is 279 g/mol. The molecule has 0 radical (unpaired) electrons. The van der Waals surface area contributed by atoms with Gasteiger partial charge < -0.3 is 15.6 Å². The van der Waals surface area contributed by atoms with Gasteiger partial charge in [-0.05, 0) is 12.3 Å². The highest BCUT2D eigenvalue weighted by Crippen LogP contribution is 2.35. The molecule has 8 heteroatoms. The van der Waals surface area contributed by atoms with Gasteiger partial charge >= 0.3 is 12.1 Å². The van der Waals surface area contributed by atoms with Gasteiger partial charge in [0.2, 0.25) is 0 Å². The van der Waals surface area contributed by atoms with E-state index >= 15 is 0 Å². The van der Waals surface area contributed by atoms with Crippen molar-refractivity contribution in [2.24, 2.45) is 11.7 Å². The molecule has 0 aromatic carbocycles. The van der Waals surface area contributed by atoms with Crippen LogP contribution in [0.2, 0.25) is 0 Å². The molecule has 0 aliphatic heterocycles. The van der Waals surface area contributed by atoms with E-state index in [2.05, 4.69) is 4.74 Å². The minimum absolute atomic E-state index is 0.112. The number of halogens is 5. The van der Waals surface area contributed by atoms with Gasteiger partial charge in [0.1, 0.15) is 6.61 Å². The monoisotopic (exact) mass is 279 g/mol. The highest BCUT2D eigenvalue weighted by atomic mass is 19.4. The van der Waals surface area contributed by atoms with E-state index in [9.17, 15) is 22.0 Å². The van der Waals surface area contributed by atoms with Crippen LogP contribution in [0.15, 0.2) is 0 Å². The molecule has 0 amide bonds. The maximum absolute atomic E-state index is 12.6. The molecule has 18 heavy (non-hydrogen) atoms. The molecule has 0 heterocycles. The van der Waals surface area contributed by atoms with Crippen LogP contribution in [0.1, 0.15) is 20.3 Å². The topological polar surface area (TPSA) is 55.5 Å². The molecule has 2 atom stereocenters. The van der Waals surface area contributed by atoms with Gasteiger partial charge in [0.15, 0.2) is 0 Å². The number of nitrogens with two attached hydrogens (primary N) is 1. The molecule has 0 aromatic rings. The Balaban J connectivity index is 4.40. The molecule has 3 N–H and O–H groups in total. The van der Waals surface area contributed by atoms with Crippen molar-refractivity contribution in [3.05, 3.63) is 0 Å². The van der Waals surface area contributed by atoms with E-state index in [0.29, 0.717) is 6.42 Å². The van der Waals surface area contributed by atoms with Gasteiger partial charge in [-0.15, -0.1) is 0 Å². The van der Waals surface area contributed by atoms with Crippen LogP contribution in [0.25, 0.3) is 0 Å². The largest absolute Gasteiger partial charge is 0.455 e. The van der Waals surface area contributed by atoms with E-state index in [-0.39, 0.29) is 5.92 Å². The Kier molecular flexibility index (Phi) is 6.45. The SMILES string of the molecule is CC(C)CC(N)C(CO)OCC(F)(F)C(F)(F)F. The first-order valence-electron chi connectivity index (χ1n) is 5.44. The molecule has 0 aromatic heterocycles. The number of hydrogen-bond donors (Lipinski definition) is 2. The van der Waals surface area contributed by atoms with E-state index in [1.165, 1.54) is 0 Å². The molecule has 0 saturated heterocycles. The van der Waals surface area contributed by atoms with Gasteiger partial charge in [0.05, 0.1) is 12.7 Å². The van der Waals surface area contributed by atoms with Crippen LogP contribution < -0.4 is 5.73 Å². The summed E-state index contributed by atoms with van der Waals surface area (Å²) in [4.78, 5) is 0. The number of aliphatic hydroxyl groups is 1. The summed E-state index contributed by atoms with van der Waals surface area (Å²) < 4.78 is 65.2. The van der Waals surface area contributed by atoms with Crippen molar-refractivity contribution in [1.29, 1.82) is 0 Å². The molecule has 0 fully saturated rings. The van der Waals surface area contributed by atoms with Crippen LogP contribution in [0, 0.1) is 5.92 Å². The van der Waals surface area contributed by atoms with E-state index in [1.54, 1.807) is 13.8 Å². The second kappa shape index (κ2) is 6.63. The summed E-state index contributed by atoms with van der Waals surface area (Å²) in [6.45, 7) is 1.06. The summed E-state index contributed by atoms with van der Waals surface area (Å²) in [5, 5.41) is 8.88. The second-order valence-electron chi connectivity index (χ2n) is 4.53. The third kappa shape index (κ3) is 5.45. The molecule has 3 nitrogen and oxygen atoms in total. The third-order valence-corrected chi connectivity index (χ3v) is 2.29. The summed E-state index contributed by atoms with van der Waals surface area (Å²) >= 11 is 0. The minimum atomic E-state index is -5.67. The number of aliphatic hydroxyl groups excluding tert-OH is 1. The lowest BCUT2D eigenvalue weighted by atomic mass is 10.0. The number of alkyl halides is 5. The summed E-state index contributed by atoms with van der Waals surface area (Å²) in [5.41, 5.74) is 5.56. The van der Waals surface area contributed by atoms with Gasteiger partial charge in [-0.3, -0.25) is 0 Å². The van der Waals surface area contributed by atoms with Crippen molar-refractivity contribution in [2.75, 3.05) is 13.2 Å². The quantitative estimate of drug-likeness (QED) is 0.700. The molecule has 0 spiro atoms. The van der Waals surface area contributed by atoms with E-state index in [0.717, 1.165) is 0 Å². The number of rotatable bonds is 7. The molecule has 110 valence electrons. The van der Waals surface area contributed by atoms with Crippen LogP contribution in [-0.4, -0.2) is 42.6 Å². The number of ether oxygens (including phenoxy) is 1. The minimum Gasteiger partial charge on any atom is -0.394 e. The first kappa shape index (κ1) is 17.5. The van der Waals surface area contributed by atoms with E-state index in [1.807, 2.05) is 0 Å². The Morgan fingerprint density at radius 1 is 1.17 bits per heavy atom. The summed E-state index contributed by atoms with van der Waals surface area (Å²) in [6.07, 6.45) is -6.56. The Hall–Kier alpha value is -0.470. The smallest absolute Gasteiger partial charge is 0.394 e. The molecule has 0 aliphatic rings. The molecule has 0 rings (SSSR count).